The zero-order chi connectivity index (χ0) is 26.0. The van der Waals surface area contributed by atoms with Crippen LogP contribution in [0.25, 0.3) is 22.2 Å². The highest BCUT2D eigenvalue weighted by molar-refractivity contribution is 6.34. The molecule has 2 aliphatic heterocycles. The number of anilines is 2. The van der Waals surface area contributed by atoms with Gasteiger partial charge in [0.15, 0.2) is 5.82 Å². The van der Waals surface area contributed by atoms with E-state index in [0.29, 0.717) is 29.3 Å². The number of nitrogen functional groups attached to an aromatic ring is 1. The molecule has 1 unspecified atom stereocenters. The van der Waals surface area contributed by atoms with E-state index in [1.165, 1.54) is 7.11 Å². The Labute approximate surface area is 214 Å². The minimum absolute atomic E-state index is 0.103. The largest absolute Gasteiger partial charge is 0.467 e. The molecular weight excluding hydrogens is 488 g/mol. The summed E-state index contributed by atoms with van der Waals surface area (Å²) in [6.07, 6.45) is 0.182. The number of hydrogen-bond acceptors (Lipinski definition) is 8. The lowest BCUT2D eigenvalue weighted by atomic mass is 10.0. The molecule has 1 aromatic carbocycles. The zero-order valence-electron chi connectivity index (χ0n) is 21.0. The Morgan fingerprint density at radius 1 is 1.14 bits per heavy atom. The molecule has 0 amide bonds. The van der Waals surface area contributed by atoms with Crippen LogP contribution in [0.3, 0.4) is 0 Å². The van der Waals surface area contributed by atoms with E-state index in [-0.39, 0.29) is 22.1 Å². The highest BCUT2D eigenvalue weighted by Gasteiger charge is 2.25. The Morgan fingerprint density at radius 2 is 1.86 bits per heavy atom. The number of nitrogens with one attached hydrogen (secondary N) is 1. The highest BCUT2D eigenvalue weighted by atomic mass is 35.5. The van der Waals surface area contributed by atoms with Crippen molar-refractivity contribution in [3.63, 3.8) is 0 Å². The SMILES string of the molecule is CN1CCC(F)C1.COc1nc(N2CCNCC2)c2cc(Cl)c(-c3nc(N)cc(C)c3C)c(F)c2n1. The minimum Gasteiger partial charge on any atom is -0.467 e. The number of rotatable bonds is 3. The summed E-state index contributed by atoms with van der Waals surface area (Å²) in [5, 5.41) is 4.07. The number of benzene rings is 1. The molecule has 4 heterocycles. The number of halogens is 3. The molecule has 36 heavy (non-hydrogen) atoms. The van der Waals surface area contributed by atoms with Gasteiger partial charge in [-0.25, -0.2) is 13.8 Å². The molecule has 3 aromatic rings. The minimum atomic E-state index is -0.565. The van der Waals surface area contributed by atoms with E-state index in [9.17, 15) is 4.39 Å². The number of fused-ring (bicyclic) bond motifs is 1. The number of aryl methyl sites for hydroxylation is 1. The Hall–Kier alpha value is -2.82. The Bertz CT molecular complexity index is 1250. The molecule has 0 bridgehead atoms. The van der Waals surface area contributed by atoms with E-state index >= 15 is 4.39 Å². The van der Waals surface area contributed by atoms with Gasteiger partial charge in [0.05, 0.1) is 23.4 Å². The van der Waals surface area contributed by atoms with Gasteiger partial charge in [0, 0.05) is 44.7 Å². The summed E-state index contributed by atoms with van der Waals surface area (Å²) < 4.78 is 33.2. The first-order valence-corrected chi connectivity index (χ1v) is 12.3. The van der Waals surface area contributed by atoms with Crippen LogP contribution in [-0.4, -0.2) is 79.4 Å². The maximum Gasteiger partial charge on any atom is 0.318 e. The van der Waals surface area contributed by atoms with Gasteiger partial charge in [0.25, 0.3) is 0 Å². The van der Waals surface area contributed by atoms with Crippen molar-refractivity contribution < 1.29 is 13.5 Å². The normalized spacial score (nSPS) is 18.3. The van der Waals surface area contributed by atoms with Crippen LogP contribution in [0.15, 0.2) is 12.1 Å². The van der Waals surface area contributed by atoms with E-state index in [0.717, 1.165) is 50.3 Å². The van der Waals surface area contributed by atoms with Gasteiger partial charge < -0.3 is 25.6 Å². The van der Waals surface area contributed by atoms with Crippen LogP contribution in [0.5, 0.6) is 6.01 Å². The van der Waals surface area contributed by atoms with Crippen LogP contribution in [0.1, 0.15) is 17.5 Å². The number of alkyl halides is 1. The lowest BCUT2D eigenvalue weighted by Crippen LogP contribution is -2.44. The lowest BCUT2D eigenvalue weighted by Gasteiger charge is -2.29. The first-order chi connectivity index (χ1) is 17.2. The van der Waals surface area contributed by atoms with Crippen LogP contribution in [0, 0.1) is 19.7 Å². The van der Waals surface area contributed by atoms with Crippen molar-refractivity contribution in [1.82, 2.24) is 25.2 Å². The molecular formula is C25H32ClF2N7O. The number of methoxy groups -OCH3 is 1. The average molecular weight is 520 g/mol. The van der Waals surface area contributed by atoms with Crippen LogP contribution in [-0.2, 0) is 0 Å². The molecule has 1 atom stereocenters. The second-order valence-electron chi connectivity index (χ2n) is 9.20. The molecule has 2 aromatic heterocycles. The van der Waals surface area contributed by atoms with Gasteiger partial charge in [-0.05, 0) is 50.6 Å². The summed E-state index contributed by atoms with van der Waals surface area (Å²) in [7, 11) is 3.41. The number of nitrogens with two attached hydrogens (primary N) is 1. The number of pyridine rings is 1. The second-order valence-corrected chi connectivity index (χ2v) is 9.61. The second kappa shape index (κ2) is 11.1. The van der Waals surface area contributed by atoms with E-state index in [4.69, 9.17) is 22.1 Å². The predicted molar refractivity (Wildman–Crippen MR) is 140 cm³/mol. The number of nitrogens with zero attached hydrogens (tertiary/aromatic N) is 5. The summed E-state index contributed by atoms with van der Waals surface area (Å²) in [5.74, 6) is 0.347. The molecule has 2 aliphatic rings. The fourth-order valence-electron chi connectivity index (χ4n) is 4.47. The first-order valence-electron chi connectivity index (χ1n) is 12.0. The van der Waals surface area contributed by atoms with Crippen molar-refractivity contribution in [2.45, 2.75) is 26.4 Å². The predicted octanol–water partition coefficient (Wildman–Crippen LogP) is 3.76. The van der Waals surface area contributed by atoms with E-state index < -0.39 is 12.0 Å². The van der Waals surface area contributed by atoms with Gasteiger partial charge in [0.2, 0.25) is 0 Å². The van der Waals surface area contributed by atoms with Crippen LogP contribution in [0.4, 0.5) is 20.4 Å². The van der Waals surface area contributed by atoms with Crippen molar-refractivity contribution in [1.29, 1.82) is 0 Å². The van der Waals surface area contributed by atoms with Crippen molar-refractivity contribution in [2.24, 2.45) is 0 Å². The third kappa shape index (κ3) is 5.45. The molecule has 5 rings (SSSR count). The fraction of sp³-hybridized carbons (Fsp3) is 0.480. The summed E-state index contributed by atoms with van der Waals surface area (Å²) >= 11 is 6.57. The third-order valence-electron chi connectivity index (χ3n) is 6.56. The van der Waals surface area contributed by atoms with Gasteiger partial charge in [-0.15, -0.1) is 0 Å². The zero-order valence-corrected chi connectivity index (χ0v) is 21.8. The standard InChI is InChI=1S/C20H22ClFN6O.C5H10FN/c1-10-8-14(23)25-17(11(10)2)15-13(21)9-12-18(16(15)22)26-20(29-3)27-19(12)28-6-4-24-5-7-28;1-7-3-2-5(6)4-7/h8-9,24H,4-7H2,1-3H3,(H2,23,25);5H,2-4H2,1H3. The number of hydrogen-bond donors (Lipinski definition) is 2. The molecule has 11 heteroatoms. The smallest absolute Gasteiger partial charge is 0.318 e. The lowest BCUT2D eigenvalue weighted by molar-refractivity contribution is 0.321. The van der Waals surface area contributed by atoms with Gasteiger partial charge in [-0.1, -0.05) is 11.6 Å². The number of ether oxygens (including phenoxy) is 1. The Kier molecular flexibility index (Phi) is 8.07. The summed E-state index contributed by atoms with van der Waals surface area (Å²) in [4.78, 5) is 17.2. The van der Waals surface area contributed by atoms with Crippen molar-refractivity contribution in [3.05, 3.63) is 34.1 Å². The Balaban J connectivity index is 0.000000375. The average Bonchev–Trinajstić information content (AvgIpc) is 3.24. The van der Waals surface area contributed by atoms with Gasteiger partial charge in [-0.2, -0.15) is 9.97 Å². The number of likely N-dealkylation sites (tertiary alicyclic amines) is 1. The van der Waals surface area contributed by atoms with E-state index in [1.807, 2.05) is 25.8 Å². The molecule has 0 aliphatic carbocycles. The van der Waals surface area contributed by atoms with Gasteiger partial charge in [-0.3, -0.25) is 0 Å². The quantitative estimate of drug-likeness (QED) is 0.540. The third-order valence-corrected chi connectivity index (χ3v) is 6.86. The van der Waals surface area contributed by atoms with E-state index in [1.54, 1.807) is 12.1 Å². The maximum absolute atomic E-state index is 15.8. The monoisotopic (exact) mass is 519 g/mol. The first kappa shape index (κ1) is 26.2. The van der Waals surface area contributed by atoms with Crippen LogP contribution >= 0.6 is 11.6 Å². The van der Waals surface area contributed by atoms with Crippen LogP contribution in [0.2, 0.25) is 5.02 Å². The number of aromatic nitrogens is 3. The van der Waals surface area contributed by atoms with Crippen molar-refractivity contribution >= 4 is 34.1 Å². The van der Waals surface area contributed by atoms with Gasteiger partial charge >= 0.3 is 6.01 Å². The molecule has 0 spiro atoms. The molecule has 194 valence electrons. The van der Waals surface area contributed by atoms with E-state index in [2.05, 4.69) is 25.2 Å². The molecule has 2 fully saturated rings. The summed E-state index contributed by atoms with van der Waals surface area (Å²) in [6, 6.07) is 3.55. The fourth-order valence-corrected chi connectivity index (χ4v) is 4.75. The molecule has 2 saturated heterocycles. The summed E-state index contributed by atoms with van der Waals surface area (Å²) in [6.45, 7) is 8.45. The molecule has 3 N–H and O–H groups in total. The number of piperazine rings is 1. The maximum atomic E-state index is 15.8. The van der Waals surface area contributed by atoms with Crippen molar-refractivity contribution in [3.8, 4) is 17.3 Å². The van der Waals surface area contributed by atoms with Crippen LogP contribution < -0.4 is 20.7 Å². The Morgan fingerprint density at radius 3 is 2.44 bits per heavy atom. The highest BCUT2D eigenvalue weighted by Crippen LogP contribution is 2.39. The van der Waals surface area contributed by atoms with Crippen molar-refractivity contribution in [2.75, 3.05) is 64.1 Å². The van der Waals surface area contributed by atoms with Gasteiger partial charge in [0.1, 0.15) is 23.3 Å². The molecule has 8 nitrogen and oxygen atoms in total. The molecule has 0 radical (unpaired) electrons. The molecule has 0 saturated carbocycles. The topological polar surface area (TPSA) is 92.4 Å². The summed E-state index contributed by atoms with van der Waals surface area (Å²) in [5.41, 5.74) is 8.36.